The van der Waals surface area contributed by atoms with Gasteiger partial charge >= 0.3 is 5.69 Å². The number of furan rings is 1. The van der Waals surface area contributed by atoms with Crippen LogP contribution in [0.3, 0.4) is 0 Å². The van der Waals surface area contributed by atoms with Gasteiger partial charge < -0.3 is 19.2 Å². The van der Waals surface area contributed by atoms with Crippen LogP contribution in [0, 0.1) is 15.9 Å². The van der Waals surface area contributed by atoms with Gasteiger partial charge in [0, 0.05) is 46.0 Å². The first-order chi connectivity index (χ1) is 17.3. The number of methoxy groups -OCH3 is 1. The summed E-state index contributed by atoms with van der Waals surface area (Å²) >= 11 is 0. The van der Waals surface area contributed by atoms with Gasteiger partial charge in [0.2, 0.25) is 11.7 Å². The fourth-order valence-electron chi connectivity index (χ4n) is 3.90. The third kappa shape index (κ3) is 4.90. The highest BCUT2D eigenvalue weighted by molar-refractivity contribution is 6.05. The Morgan fingerprint density at radius 2 is 1.92 bits per heavy atom. The van der Waals surface area contributed by atoms with Gasteiger partial charge in [0.15, 0.2) is 0 Å². The molecule has 1 heterocycles. The van der Waals surface area contributed by atoms with Crippen LogP contribution in [-0.4, -0.2) is 24.5 Å². The minimum atomic E-state index is -0.981. The van der Waals surface area contributed by atoms with Crippen LogP contribution in [0.15, 0.2) is 71.4 Å². The zero-order chi connectivity index (χ0) is 25.8. The first-order valence-corrected chi connectivity index (χ1v) is 11.1. The number of anilines is 1. The molecule has 0 aliphatic heterocycles. The Balaban J connectivity index is 1.72. The minimum Gasteiger partial charge on any atom is -0.496 e. The summed E-state index contributed by atoms with van der Waals surface area (Å²) in [5.41, 5.74) is 2.92. The van der Waals surface area contributed by atoms with E-state index in [-0.39, 0.29) is 5.69 Å². The van der Waals surface area contributed by atoms with E-state index in [2.05, 4.69) is 5.32 Å². The van der Waals surface area contributed by atoms with E-state index in [0.717, 1.165) is 28.6 Å². The molecule has 0 atom stereocenters. The van der Waals surface area contributed by atoms with Gasteiger partial charge in [-0.3, -0.25) is 14.9 Å². The first kappa shape index (κ1) is 24.5. The minimum absolute atomic E-state index is 0.103. The molecular formula is C27H23FN2O6. The number of nitro benzene ring substituents is 1. The van der Waals surface area contributed by atoms with Crippen molar-refractivity contribution in [1.82, 2.24) is 0 Å². The average molecular weight is 490 g/mol. The van der Waals surface area contributed by atoms with E-state index in [9.17, 15) is 19.3 Å². The molecule has 0 saturated carbocycles. The van der Waals surface area contributed by atoms with Crippen LogP contribution in [-0.2, 0) is 4.79 Å². The van der Waals surface area contributed by atoms with Crippen molar-refractivity contribution in [2.24, 2.45) is 0 Å². The zero-order valence-electron chi connectivity index (χ0n) is 19.8. The summed E-state index contributed by atoms with van der Waals surface area (Å²) < 4.78 is 30.7. The van der Waals surface area contributed by atoms with E-state index in [1.807, 2.05) is 37.3 Å². The molecule has 0 bridgehead atoms. The molecule has 184 valence electrons. The predicted molar refractivity (Wildman–Crippen MR) is 135 cm³/mol. The van der Waals surface area contributed by atoms with Crippen molar-refractivity contribution in [2.45, 2.75) is 13.8 Å². The molecule has 0 radical (unpaired) electrons. The lowest BCUT2D eigenvalue weighted by molar-refractivity contribution is -0.387. The van der Waals surface area contributed by atoms with Crippen LogP contribution in [0.1, 0.15) is 19.4 Å². The molecule has 3 aromatic carbocycles. The molecule has 0 spiro atoms. The monoisotopic (exact) mass is 490 g/mol. The van der Waals surface area contributed by atoms with E-state index in [1.54, 1.807) is 26.4 Å². The van der Waals surface area contributed by atoms with Crippen molar-refractivity contribution < 1.29 is 28.0 Å². The van der Waals surface area contributed by atoms with Gasteiger partial charge in [0.25, 0.3) is 0 Å². The van der Waals surface area contributed by atoms with Crippen LogP contribution in [0.2, 0.25) is 0 Å². The number of fused-ring (bicyclic) bond motifs is 1. The summed E-state index contributed by atoms with van der Waals surface area (Å²) in [6.07, 6.45) is 3.00. The van der Waals surface area contributed by atoms with Gasteiger partial charge in [-0.1, -0.05) is 18.2 Å². The fraction of sp³-hybridized carbons (Fsp3) is 0.148. The number of carbonyl (C=O) groups is 1. The Labute approximate surface area is 206 Å². The van der Waals surface area contributed by atoms with Crippen molar-refractivity contribution >= 4 is 33.8 Å². The number of nitrogens with one attached hydrogen (secondary N) is 1. The third-order valence-corrected chi connectivity index (χ3v) is 5.56. The number of carbonyl (C=O) groups excluding carboxylic acids is 1. The summed E-state index contributed by atoms with van der Waals surface area (Å²) in [7, 11) is 1.60. The highest BCUT2D eigenvalue weighted by atomic mass is 19.1. The molecule has 4 rings (SSSR count). The van der Waals surface area contributed by atoms with Crippen LogP contribution in [0.4, 0.5) is 15.8 Å². The second-order valence-electron chi connectivity index (χ2n) is 7.87. The number of nitro groups is 1. The number of benzene rings is 3. The number of hydrogen-bond donors (Lipinski definition) is 1. The quantitative estimate of drug-likeness (QED) is 0.170. The van der Waals surface area contributed by atoms with E-state index in [0.29, 0.717) is 34.8 Å². The van der Waals surface area contributed by atoms with Gasteiger partial charge in [0.05, 0.1) is 24.9 Å². The number of hydrogen-bond acceptors (Lipinski definition) is 6. The lowest BCUT2D eigenvalue weighted by Crippen LogP contribution is -2.09. The van der Waals surface area contributed by atoms with E-state index >= 15 is 0 Å². The lowest BCUT2D eigenvalue weighted by Gasteiger charge is -2.12. The topological polar surface area (TPSA) is 104 Å². The Morgan fingerprint density at radius 3 is 2.64 bits per heavy atom. The smallest absolute Gasteiger partial charge is 0.306 e. The van der Waals surface area contributed by atoms with Crippen LogP contribution >= 0.6 is 0 Å². The lowest BCUT2D eigenvalue weighted by atomic mass is 9.98. The van der Waals surface area contributed by atoms with Crippen molar-refractivity contribution in [2.75, 3.05) is 19.0 Å². The number of amides is 1. The second kappa shape index (κ2) is 10.3. The molecular weight excluding hydrogens is 467 g/mol. The molecule has 0 aliphatic carbocycles. The Kier molecular flexibility index (Phi) is 7.00. The number of halogens is 1. The number of ether oxygens (including phenoxy) is 2. The largest absolute Gasteiger partial charge is 0.496 e. The van der Waals surface area contributed by atoms with E-state index < -0.39 is 22.3 Å². The second-order valence-corrected chi connectivity index (χ2v) is 7.87. The fourth-order valence-corrected chi connectivity index (χ4v) is 3.90. The molecule has 0 unspecified atom stereocenters. The highest BCUT2D eigenvalue weighted by Gasteiger charge is 2.18. The first-order valence-electron chi connectivity index (χ1n) is 11.1. The number of para-hydroxylation sites is 1. The van der Waals surface area contributed by atoms with Crippen LogP contribution in [0.25, 0.3) is 27.7 Å². The predicted octanol–water partition coefficient (Wildman–Crippen LogP) is 6.60. The summed E-state index contributed by atoms with van der Waals surface area (Å²) in [5, 5.41) is 14.3. The van der Waals surface area contributed by atoms with Gasteiger partial charge in [-0.25, -0.2) is 0 Å². The third-order valence-electron chi connectivity index (χ3n) is 5.56. The Hall–Kier alpha value is -4.66. The molecule has 0 fully saturated rings. The maximum Gasteiger partial charge on any atom is 0.306 e. The molecule has 1 aromatic heterocycles. The normalized spacial score (nSPS) is 11.4. The van der Waals surface area contributed by atoms with Crippen molar-refractivity contribution in [3.63, 3.8) is 0 Å². The molecule has 1 N–H and O–H groups in total. The standard InChI is InChI=1S/C27H23FN2O6/c1-4-35-25-14-26-20(21(15-36-26)18-7-5-6-8-24(18)34-3)13-19(25)16(2)11-27(31)29-17-9-10-22(28)23(12-17)30(32)33/h5-15H,4H2,1-3H3,(H,29,31)/b16-11+. The SMILES string of the molecule is CCOc1cc2occ(-c3ccccc3OC)c2cc1/C(C)=C/C(=O)Nc1ccc(F)c([N+](=O)[O-])c1. The Bertz CT molecular complexity index is 1490. The summed E-state index contributed by atoms with van der Waals surface area (Å²) in [6, 6.07) is 14.4. The van der Waals surface area contributed by atoms with E-state index in [1.165, 1.54) is 12.1 Å². The Morgan fingerprint density at radius 1 is 1.14 bits per heavy atom. The molecule has 8 nitrogen and oxygen atoms in total. The molecule has 0 aliphatic rings. The van der Waals surface area contributed by atoms with Gasteiger partial charge in [-0.15, -0.1) is 0 Å². The van der Waals surface area contributed by atoms with Crippen molar-refractivity contribution in [1.29, 1.82) is 0 Å². The summed E-state index contributed by atoms with van der Waals surface area (Å²) in [6.45, 7) is 4.00. The molecule has 0 saturated heterocycles. The molecule has 9 heteroatoms. The molecule has 1 amide bonds. The zero-order valence-corrected chi connectivity index (χ0v) is 19.8. The number of allylic oxidation sites excluding steroid dienone is 1. The van der Waals surface area contributed by atoms with Crippen LogP contribution < -0.4 is 14.8 Å². The highest BCUT2D eigenvalue weighted by Crippen LogP contribution is 2.40. The van der Waals surface area contributed by atoms with Crippen molar-refractivity contribution in [3.8, 4) is 22.6 Å². The number of rotatable bonds is 8. The van der Waals surface area contributed by atoms with E-state index in [4.69, 9.17) is 13.9 Å². The average Bonchev–Trinajstić information content (AvgIpc) is 3.27. The van der Waals surface area contributed by atoms with Crippen LogP contribution in [0.5, 0.6) is 11.5 Å². The maximum absolute atomic E-state index is 13.6. The van der Waals surface area contributed by atoms with Gasteiger partial charge in [-0.2, -0.15) is 4.39 Å². The van der Waals surface area contributed by atoms with Gasteiger partial charge in [0.1, 0.15) is 17.1 Å². The maximum atomic E-state index is 13.6. The molecule has 4 aromatic rings. The molecule has 36 heavy (non-hydrogen) atoms. The van der Waals surface area contributed by atoms with Gasteiger partial charge in [-0.05, 0) is 43.7 Å². The summed E-state index contributed by atoms with van der Waals surface area (Å²) in [4.78, 5) is 22.8. The number of nitrogens with zero attached hydrogens (tertiary/aromatic N) is 1. The van der Waals surface area contributed by atoms with Crippen molar-refractivity contribution in [3.05, 3.63) is 88.4 Å². The summed E-state index contributed by atoms with van der Waals surface area (Å²) in [5.74, 6) is -0.293.